The number of anilines is 1. The zero-order valence-corrected chi connectivity index (χ0v) is 7.70. The molecule has 0 spiro atoms. The van der Waals surface area contributed by atoms with Crippen LogP contribution in [0.1, 0.15) is 19.3 Å². The van der Waals surface area contributed by atoms with Gasteiger partial charge in [0, 0.05) is 0 Å². The van der Waals surface area contributed by atoms with Gasteiger partial charge in [-0.1, -0.05) is 0 Å². The fourth-order valence-corrected chi connectivity index (χ4v) is 1.54. The van der Waals surface area contributed by atoms with E-state index < -0.39 is 5.82 Å². The third kappa shape index (κ3) is 1.68. The fourth-order valence-electron chi connectivity index (χ4n) is 1.54. The largest absolute Gasteiger partial charge is 0.394 e. The Balaban J connectivity index is 2.06. The minimum absolute atomic E-state index is 0.0632. The van der Waals surface area contributed by atoms with Crippen LogP contribution in [0.5, 0.6) is 0 Å². The van der Waals surface area contributed by atoms with Crippen molar-refractivity contribution >= 4 is 5.95 Å². The normalized spacial score (nSPS) is 18.7. The highest BCUT2D eigenvalue weighted by atomic mass is 19.1. The van der Waals surface area contributed by atoms with Gasteiger partial charge in [-0.25, -0.2) is 14.4 Å². The van der Waals surface area contributed by atoms with E-state index in [2.05, 4.69) is 15.3 Å². The molecule has 1 fully saturated rings. The molecule has 1 aliphatic rings. The number of halogens is 1. The fraction of sp³-hybridized carbons (Fsp3) is 0.556. The molecule has 0 radical (unpaired) electrons. The number of nitrogens with zero attached hydrogens (tertiary/aromatic N) is 2. The Labute approximate surface area is 81.2 Å². The first-order chi connectivity index (χ1) is 6.74. The second-order valence-corrected chi connectivity index (χ2v) is 3.64. The molecule has 76 valence electrons. The molecule has 0 aromatic carbocycles. The molecule has 2 rings (SSSR count). The number of hydrogen-bond donors (Lipinski definition) is 2. The lowest BCUT2D eigenvalue weighted by Crippen LogP contribution is -2.48. The number of aromatic nitrogens is 2. The van der Waals surface area contributed by atoms with Gasteiger partial charge in [-0.15, -0.1) is 0 Å². The summed E-state index contributed by atoms with van der Waals surface area (Å²) >= 11 is 0. The molecule has 0 aliphatic heterocycles. The lowest BCUT2D eigenvalue weighted by Gasteiger charge is -2.40. The van der Waals surface area contributed by atoms with Crippen molar-refractivity contribution in [3.8, 4) is 0 Å². The third-order valence-electron chi connectivity index (χ3n) is 2.61. The molecular weight excluding hydrogens is 185 g/mol. The van der Waals surface area contributed by atoms with Gasteiger partial charge >= 0.3 is 0 Å². The first kappa shape index (κ1) is 9.33. The standard InChI is InChI=1S/C9H12FN3O/c10-7-4-11-8(12-5-7)13-9(6-14)2-1-3-9/h4-5,14H,1-3,6H2,(H,11,12,13). The SMILES string of the molecule is OCC1(Nc2ncc(F)cn2)CCC1. The molecule has 4 nitrogen and oxygen atoms in total. The molecule has 1 saturated carbocycles. The maximum absolute atomic E-state index is 12.5. The predicted octanol–water partition coefficient (Wildman–Crippen LogP) is 0.943. The monoisotopic (exact) mass is 197 g/mol. The topological polar surface area (TPSA) is 58.0 Å². The van der Waals surface area contributed by atoms with E-state index >= 15 is 0 Å². The van der Waals surface area contributed by atoms with Gasteiger partial charge in [-0.3, -0.25) is 0 Å². The summed E-state index contributed by atoms with van der Waals surface area (Å²) in [5, 5.41) is 12.2. The Hall–Kier alpha value is -1.23. The zero-order valence-electron chi connectivity index (χ0n) is 7.70. The van der Waals surface area contributed by atoms with E-state index in [1.54, 1.807) is 0 Å². The molecule has 2 N–H and O–H groups in total. The van der Waals surface area contributed by atoms with Crippen LogP contribution in [0.3, 0.4) is 0 Å². The van der Waals surface area contributed by atoms with Gasteiger partial charge in [-0.2, -0.15) is 0 Å². The number of aliphatic hydroxyl groups excluding tert-OH is 1. The second kappa shape index (κ2) is 3.49. The predicted molar refractivity (Wildman–Crippen MR) is 49.3 cm³/mol. The summed E-state index contributed by atoms with van der Waals surface area (Å²) < 4.78 is 12.5. The van der Waals surface area contributed by atoms with E-state index in [1.165, 1.54) is 0 Å². The average Bonchev–Trinajstić information content (AvgIpc) is 2.15. The van der Waals surface area contributed by atoms with Crippen LogP contribution < -0.4 is 5.32 Å². The maximum atomic E-state index is 12.5. The van der Waals surface area contributed by atoms with Crippen LogP contribution in [0.2, 0.25) is 0 Å². The molecular formula is C9H12FN3O. The van der Waals surface area contributed by atoms with E-state index in [-0.39, 0.29) is 12.1 Å². The highest BCUT2D eigenvalue weighted by Crippen LogP contribution is 2.33. The van der Waals surface area contributed by atoms with Crippen LogP contribution in [0.25, 0.3) is 0 Å². The first-order valence-electron chi connectivity index (χ1n) is 4.61. The van der Waals surface area contributed by atoms with E-state index in [0.29, 0.717) is 5.95 Å². The minimum Gasteiger partial charge on any atom is -0.394 e. The summed E-state index contributed by atoms with van der Waals surface area (Å²) in [7, 11) is 0. The highest BCUT2D eigenvalue weighted by Gasteiger charge is 2.36. The summed E-state index contributed by atoms with van der Waals surface area (Å²) in [4.78, 5) is 7.57. The van der Waals surface area contributed by atoms with Crippen molar-refractivity contribution in [3.05, 3.63) is 18.2 Å². The van der Waals surface area contributed by atoms with Gasteiger partial charge in [0.1, 0.15) is 0 Å². The van der Waals surface area contributed by atoms with Crippen LogP contribution in [-0.2, 0) is 0 Å². The van der Waals surface area contributed by atoms with Gasteiger partial charge in [0.05, 0.1) is 24.5 Å². The number of aliphatic hydroxyl groups is 1. The molecule has 14 heavy (non-hydrogen) atoms. The van der Waals surface area contributed by atoms with Crippen LogP contribution in [-0.4, -0.2) is 27.2 Å². The minimum atomic E-state index is -0.456. The average molecular weight is 197 g/mol. The van der Waals surface area contributed by atoms with Gasteiger partial charge in [0.2, 0.25) is 5.95 Å². The van der Waals surface area contributed by atoms with Gasteiger partial charge < -0.3 is 10.4 Å². The van der Waals surface area contributed by atoms with Crippen molar-refractivity contribution in [3.63, 3.8) is 0 Å². The van der Waals surface area contributed by atoms with Crippen molar-refractivity contribution in [2.24, 2.45) is 0 Å². The molecule has 0 saturated heterocycles. The Morgan fingerprint density at radius 1 is 1.43 bits per heavy atom. The van der Waals surface area contributed by atoms with Crippen LogP contribution in [0.15, 0.2) is 12.4 Å². The molecule has 0 unspecified atom stereocenters. The lowest BCUT2D eigenvalue weighted by molar-refractivity contribution is 0.143. The maximum Gasteiger partial charge on any atom is 0.223 e. The number of nitrogens with one attached hydrogen (secondary N) is 1. The number of rotatable bonds is 3. The summed E-state index contributed by atoms with van der Waals surface area (Å²) in [5.41, 5.74) is -0.280. The van der Waals surface area contributed by atoms with E-state index in [4.69, 9.17) is 5.11 Å². The second-order valence-electron chi connectivity index (χ2n) is 3.64. The van der Waals surface area contributed by atoms with Gasteiger partial charge in [0.15, 0.2) is 5.82 Å². The highest BCUT2D eigenvalue weighted by molar-refractivity contribution is 5.30. The molecule has 1 aliphatic carbocycles. The smallest absolute Gasteiger partial charge is 0.223 e. The van der Waals surface area contributed by atoms with Crippen LogP contribution in [0.4, 0.5) is 10.3 Å². The Morgan fingerprint density at radius 3 is 2.50 bits per heavy atom. The third-order valence-corrected chi connectivity index (χ3v) is 2.61. The molecule has 1 aromatic heterocycles. The van der Waals surface area contributed by atoms with Crippen molar-refractivity contribution in [2.45, 2.75) is 24.8 Å². The van der Waals surface area contributed by atoms with Crippen LogP contribution >= 0.6 is 0 Å². The van der Waals surface area contributed by atoms with E-state index in [9.17, 15) is 4.39 Å². The lowest BCUT2D eigenvalue weighted by atomic mass is 9.77. The van der Waals surface area contributed by atoms with Crippen molar-refractivity contribution in [1.29, 1.82) is 0 Å². The molecule has 1 heterocycles. The number of hydrogen-bond acceptors (Lipinski definition) is 4. The van der Waals surface area contributed by atoms with Crippen molar-refractivity contribution in [1.82, 2.24) is 9.97 Å². The molecule has 0 bridgehead atoms. The zero-order chi connectivity index (χ0) is 10.0. The molecule has 5 heteroatoms. The summed E-state index contributed by atoms with van der Waals surface area (Å²) in [6.45, 7) is 0.0632. The Morgan fingerprint density at radius 2 is 2.07 bits per heavy atom. The summed E-state index contributed by atoms with van der Waals surface area (Å²) in [5.74, 6) is -0.0812. The van der Waals surface area contributed by atoms with Crippen molar-refractivity contribution < 1.29 is 9.50 Å². The van der Waals surface area contributed by atoms with Crippen LogP contribution in [0, 0.1) is 5.82 Å². The van der Waals surface area contributed by atoms with Gasteiger partial charge in [0.25, 0.3) is 0 Å². The molecule has 0 amide bonds. The first-order valence-corrected chi connectivity index (χ1v) is 4.61. The quantitative estimate of drug-likeness (QED) is 0.757. The van der Waals surface area contributed by atoms with E-state index in [0.717, 1.165) is 31.7 Å². The Bertz CT molecular complexity index is 305. The summed E-state index contributed by atoms with van der Waals surface area (Å²) in [6.07, 6.45) is 5.13. The molecule has 1 aromatic rings. The molecule has 0 atom stereocenters. The van der Waals surface area contributed by atoms with Gasteiger partial charge in [-0.05, 0) is 19.3 Å². The summed E-state index contributed by atoms with van der Waals surface area (Å²) in [6, 6.07) is 0. The van der Waals surface area contributed by atoms with E-state index in [1.807, 2.05) is 0 Å². The van der Waals surface area contributed by atoms with Crippen molar-refractivity contribution in [2.75, 3.05) is 11.9 Å². The Kier molecular flexibility index (Phi) is 2.33.